The van der Waals surface area contributed by atoms with Crippen molar-refractivity contribution in [2.24, 2.45) is 0 Å². The second-order valence-corrected chi connectivity index (χ2v) is 1.49. The predicted octanol–water partition coefficient (Wildman–Crippen LogP) is -1.67. The first kappa shape index (κ1) is 3.54. The minimum absolute atomic E-state index is 0.843. The van der Waals surface area contributed by atoms with Gasteiger partial charge in [0.15, 0.2) is 0 Å². The Morgan fingerprint density at radius 2 is 2.67 bits per heavy atom. The monoisotopic (exact) mass is 97.0 g/mol. The van der Waals surface area contributed by atoms with Crippen molar-refractivity contribution in [2.45, 2.75) is 0 Å². The summed E-state index contributed by atoms with van der Waals surface area (Å²) in [5.74, 6) is 0. The molecule has 3 nitrogen and oxygen atoms in total. The summed E-state index contributed by atoms with van der Waals surface area (Å²) in [6.45, 7) is 0. The van der Waals surface area contributed by atoms with Gasteiger partial charge in [-0.2, -0.15) is 0 Å². The number of nitrogens with zero attached hydrogens (tertiary/aromatic N) is 2. The van der Waals surface area contributed by atoms with Crippen molar-refractivity contribution in [1.82, 2.24) is 15.4 Å². The van der Waals surface area contributed by atoms with Crippen molar-refractivity contribution in [3.05, 3.63) is 6.20 Å². The summed E-state index contributed by atoms with van der Waals surface area (Å²) in [5, 5.41) is 10.4. The average molecular weight is 97.2 g/mol. The molecule has 1 aromatic rings. The minimum Gasteiger partial charge on any atom is -0.266 e. The second-order valence-electron chi connectivity index (χ2n) is 0.898. The van der Waals surface area contributed by atoms with Crippen LogP contribution in [0.3, 0.4) is 0 Å². The van der Waals surface area contributed by atoms with E-state index in [-0.39, 0.29) is 0 Å². The minimum atomic E-state index is 0.843. The third-order valence-electron chi connectivity index (χ3n) is 0.436. The molecule has 0 aliphatic rings. The molecule has 0 unspecified atom stereocenters. The van der Waals surface area contributed by atoms with E-state index in [4.69, 9.17) is 0 Å². The van der Waals surface area contributed by atoms with E-state index in [1.54, 1.807) is 6.20 Å². The molecule has 30 valence electrons. The van der Waals surface area contributed by atoms with E-state index in [1.165, 1.54) is 0 Å². The molecule has 0 atom stereocenters. The van der Waals surface area contributed by atoms with Gasteiger partial charge in [-0.05, 0) is 0 Å². The van der Waals surface area contributed by atoms with Gasteiger partial charge >= 0.3 is 0 Å². The van der Waals surface area contributed by atoms with Gasteiger partial charge in [-0.25, -0.2) is 0 Å². The van der Waals surface area contributed by atoms with Crippen LogP contribution in [0.5, 0.6) is 0 Å². The van der Waals surface area contributed by atoms with Crippen molar-refractivity contribution >= 4 is 15.6 Å². The largest absolute Gasteiger partial charge is 0.266 e. The molecule has 0 fully saturated rings. The zero-order valence-corrected chi connectivity index (χ0v) is 4.20. The zero-order chi connectivity index (χ0) is 4.41. The van der Waals surface area contributed by atoms with Gasteiger partial charge in [-0.1, -0.05) is 5.21 Å². The number of hydrogen-bond donors (Lipinski definition) is 1. The lowest BCUT2D eigenvalue weighted by Crippen LogP contribution is -2.00. The molecule has 6 heavy (non-hydrogen) atoms. The number of hydrogen-bond acceptors (Lipinski definition) is 2. The maximum atomic E-state index is 3.57. The fourth-order valence-electron chi connectivity index (χ4n) is 0.210. The Labute approximate surface area is 38.2 Å². The fourth-order valence-corrected chi connectivity index (χ4v) is 0.343. The number of aromatic nitrogens is 3. The van der Waals surface area contributed by atoms with E-state index in [9.17, 15) is 0 Å². The van der Waals surface area contributed by atoms with Gasteiger partial charge in [0, 0.05) is 6.20 Å². The number of nitrogens with one attached hydrogen (secondary N) is 1. The zero-order valence-electron chi connectivity index (χ0n) is 3.05. The Bertz CT molecular complexity index is 112. The maximum Gasteiger partial charge on any atom is 0.0901 e. The lowest BCUT2D eigenvalue weighted by Gasteiger charge is -1.60. The van der Waals surface area contributed by atoms with Gasteiger partial charge in [0.2, 0.25) is 0 Å². The summed E-state index contributed by atoms with van der Waals surface area (Å²) in [7, 11) is 2.41. The highest BCUT2D eigenvalue weighted by molar-refractivity contribution is 6.30. The molecule has 0 saturated heterocycles. The number of aromatic amines is 1. The molecule has 1 N–H and O–H groups in total. The van der Waals surface area contributed by atoms with Gasteiger partial charge in [0.05, 0.1) is 15.6 Å². The normalized spacial score (nSPS) is 8.83. The predicted molar refractivity (Wildman–Crippen MR) is 23.2 cm³/mol. The van der Waals surface area contributed by atoms with Crippen LogP contribution in [0.25, 0.3) is 0 Å². The van der Waals surface area contributed by atoms with Gasteiger partial charge < -0.3 is 0 Å². The van der Waals surface area contributed by atoms with Gasteiger partial charge in [0.1, 0.15) is 0 Å². The highest BCUT2D eigenvalue weighted by Gasteiger charge is 1.76. The molecule has 2 radical (unpaired) electrons. The summed E-state index contributed by atoms with van der Waals surface area (Å²) < 4.78 is 0. The first-order valence-corrected chi connectivity index (χ1v) is 2.09. The van der Waals surface area contributed by atoms with Crippen LogP contribution in [-0.2, 0) is 0 Å². The van der Waals surface area contributed by atoms with Gasteiger partial charge in [-0.3, -0.25) is 5.10 Å². The van der Waals surface area contributed by atoms with Crippen LogP contribution in [0.1, 0.15) is 0 Å². The molecule has 0 aliphatic carbocycles. The summed E-state index contributed by atoms with van der Waals surface area (Å²) in [6, 6.07) is 0. The molecule has 0 aromatic carbocycles. The summed E-state index contributed by atoms with van der Waals surface area (Å²) >= 11 is 0. The molecule has 1 rings (SSSR count). The second kappa shape index (κ2) is 1.21. The number of H-pyrrole nitrogens is 1. The molecular formula is C2H3N3Si. The fraction of sp³-hybridized carbons (Fsp3) is 0. The van der Waals surface area contributed by atoms with Crippen molar-refractivity contribution in [2.75, 3.05) is 0 Å². The third-order valence-corrected chi connectivity index (χ3v) is 0.718. The van der Waals surface area contributed by atoms with Crippen LogP contribution in [-0.4, -0.2) is 25.7 Å². The molecule has 0 bridgehead atoms. The molecule has 1 heterocycles. The molecule has 0 saturated carbocycles. The average Bonchev–Trinajstić information content (AvgIpc) is 1.86. The highest BCUT2D eigenvalue weighted by Crippen LogP contribution is 1.50. The van der Waals surface area contributed by atoms with E-state index < -0.39 is 0 Å². The Kier molecular flexibility index (Phi) is 0.718. The Morgan fingerprint density at radius 3 is 2.83 bits per heavy atom. The topological polar surface area (TPSA) is 41.6 Å². The molecule has 1 aromatic heterocycles. The lowest BCUT2D eigenvalue weighted by atomic mass is 10.9. The Hall–Kier alpha value is -0.643. The van der Waals surface area contributed by atoms with Crippen molar-refractivity contribution in [1.29, 1.82) is 0 Å². The van der Waals surface area contributed by atoms with Crippen LogP contribution in [0, 0.1) is 0 Å². The van der Waals surface area contributed by atoms with Crippen molar-refractivity contribution < 1.29 is 0 Å². The summed E-state index contributed by atoms with van der Waals surface area (Å²) in [5.41, 5.74) is 0. The Balaban J connectivity index is 3.05. The maximum absolute atomic E-state index is 3.57. The first-order chi connectivity index (χ1) is 2.89. The van der Waals surface area contributed by atoms with Crippen LogP contribution in [0.4, 0.5) is 0 Å². The molecular weight excluding hydrogens is 94.1 g/mol. The smallest absolute Gasteiger partial charge is 0.0901 e. The van der Waals surface area contributed by atoms with Crippen LogP contribution >= 0.6 is 0 Å². The van der Waals surface area contributed by atoms with Crippen LogP contribution < -0.4 is 5.32 Å². The standard InChI is InChI=1S/C2H3N3Si/c6-2-1-3-5-4-2/h1,6H,(H,3,4,5). The quantitative estimate of drug-likeness (QED) is 0.393. The first-order valence-electron chi connectivity index (χ1n) is 1.51. The van der Waals surface area contributed by atoms with Crippen LogP contribution in [0.2, 0.25) is 0 Å². The van der Waals surface area contributed by atoms with Gasteiger partial charge in [-0.15, -0.1) is 5.10 Å². The lowest BCUT2D eigenvalue weighted by molar-refractivity contribution is 0.946. The third kappa shape index (κ3) is 0.461. The van der Waals surface area contributed by atoms with Gasteiger partial charge in [0.25, 0.3) is 0 Å². The molecule has 4 heteroatoms. The van der Waals surface area contributed by atoms with E-state index in [0.717, 1.165) is 5.32 Å². The van der Waals surface area contributed by atoms with E-state index >= 15 is 0 Å². The van der Waals surface area contributed by atoms with Crippen molar-refractivity contribution in [3.63, 3.8) is 0 Å². The van der Waals surface area contributed by atoms with E-state index in [1.807, 2.05) is 0 Å². The van der Waals surface area contributed by atoms with E-state index in [0.29, 0.717) is 0 Å². The summed E-state index contributed by atoms with van der Waals surface area (Å²) in [4.78, 5) is 0. The molecule has 0 amide bonds. The van der Waals surface area contributed by atoms with Crippen LogP contribution in [0.15, 0.2) is 6.20 Å². The SMILES string of the molecule is [SiH]c1c[nH]nn1. The van der Waals surface area contributed by atoms with Crippen molar-refractivity contribution in [3.8, 4) is 0 Å². The summed E-state index contributed by atoms with van der Waals surface area (Å²) in [6.07, 6.45) is 1.70. The molecule has 0 aliphatic heterocycles. The number of rotatable bonds is 0. The highest BCUT2D eigenvalue weighted by atomic mass is 28.1. The molecule has 0 spiro atoms. The van der Waals surface area contributed by atoms with E-state index in [2.05, 4.69) is 25.7 Å². The Morgan fingerprint density at radius 1 is 1.83 bits per heavy atom.